The number of thioether (sulfide) groups is 1. The van der Waals surface area contributed by atoms with Crippen LogP contribution in [0.1, 0.15) is 33.3 Å². The fourth-order valence-corrected chi connectivity index (χ4v) is 3.61. The molecule has 5 heteroatoms. The Morgan fingerprint density at radius 1 is 1.21 bits per heavy atom. The van der Waals surface area contributed by atoms with E-state index in [-0.39, 0.29) is 16.1 Å². The van der Waals surface area contributed by atoms with Crippen LogP contribution in [-0.4, -0.2) is 15.9 Å². The number of halogens is 2. The number of oxime groups is 1. The van der Waals surface area contributed by atoms with E-state index in [2.05, 4.69) is 32.9 Å². The van der Waals surface area contributed by atoms with Crippen molar-refractivity contribution in [2.45, 2.75) is 37.9 Å². The van der Waals surface area contributed by atoms with Crippen LogP contribution in [0.4, 0.5) is 0 Å². The summed E-state index contributed by atoms with van der Waals surface area (Å²) in [4.78, 5) is 5.55. The predicted octanol–water partition coefficient (Wildman–Crippen LogP) is 5.22. The van der Waals surface area contributed by atoms with Crippen molar-refractivity contribution >= 4 is 40.7 Å². The van der Waals surface area contributed by atoms with Gasteiger partial charge in [-0.05, 0) is 12.1 Å². The molecule has 0 unspecified atom stereocenters. The van der Waals surface area contributed by atoms with Gasteiger partial charge < -0.3 is 4.84 Å². The van der Waals surface area contributed by atoms with Crippen LogP contribution in [0.3, 0.4) is 0 Å². The zero-order valence-corrected chi connectivity index (χ0v) is 13.7. The van der Waals surface area contributed by atoms with E-state index < -0.39 is 0 Å². The molecule has 19 heavy (non-hydrogen) atoms. The minimum Gasteiger partial charge on any atom is -0.380 e. The summed E-state index contributed by atoms with van der Waals surface area (Å²) in [6.07, 6.45) is 0. The van der Waals surface area contributed by atoms with Gasteiger partial charge in [0.1, 0.15) is 0 Å². The van der Waals surface area contributed by atoms with Crippen LogP contribution in [0.2, 0.25) is 10.0 Å². The Kier molecular flexibility index (Phi) is 4.38. The van der Waals surface area contributed by atoms with Gasteiger partial charge in [0.25, 0.3) is 0 Å². The summed E-state index contributed by atoms with van der Waals surface area (Å²) < 4.78 is 0.119. The quantitative estimate of drug-likeness (QED) is 0.745. The summed E-state index contributed by atoms with van der Waals surface area (Å²) in [7, 11) is 0. The lowest BCUT2D eigenvalue weighted by molar-refractivity contribution is 0.130. The van der Waals surface area contributed by atoms with Crippen molar-refractivity contribution in [1.29, 1.82) is 0 Å². The maximum absolute atomic E-state index is 6.23. The number of hydrogen-bond acceptors (Lipinski definition) is 3. The summed E-state index contributed by atoms with van der Waals surface area (Å²) in [6.45, 7) is 8.57. The Balaban J connectivity index is 2.25. The van der Waals surface area contributed by atoms with Gasteiger partial charge >= 0.3 is 0 Å². The van der Waals surface area contributed by atoms with Crippen molar-refractivity contribution in [2.75, 3.05) is 0 Å². The van der Waals surface area contributed by atoms with E-state index in [9.17, 15) is 0 Å². The third-order valence-electron chi connectivity index (χ3n) is 2.78. The highest BCUT2D eigenvalue weighted by atomic mass is 35.5. The van der Waals surface area contributed by atoms with Crippen LogP contribution >= 0.6 is 35.0 Å². The lowest BCUT2D eigenvalue weighted by Crippen LogP contribution is -2.23. The molecule has 0 N–H and O–H groups in total. The molecule has 0 fully saturated rings. The van der Waals surface area contributed by atoms with Gasteiger partial charge in [-0.15, -0.1) is 11.8 Å². The first-order chi connectivity index (χ1) is 8.79. The normalized spacial score (nSPS) is 23.2. The van der Waals surface area contributed by atoms with Crippen LogP contribution in [0.5, 0.6) is 0 Å². The molecule has 0 spiro atoms. The van der Waals surface area contributed by atoms with Crippen LogP contribution < -0.4 is 0 Å². The fourth-order valence-electron chi connectivity index (χ4n) is 1.90. The second kappa shape index (κ2) is 5.55. The Bertz CT molecular complexity index is 490. The second-order valence-electron chi connectivity index (χ2n) is 5.57. The van der Waals surface area contributed by atoms with Gasteiger partial charge in [-0.3, -0.25) is 0 Å². The van der Waals surface area contributed by atoms with E-state index in [1.54, 1.807) is 11.8 Å². The molecule has 1 aliphatic rings. The van der Waals surface area contributed by atoms with E-state index >= 15 is 0 Å². The molecule has 2 atom stereocenters. The monoisotopic (exact) mass is 317 g/mol. The average molecular weight is 318 g/mol. The second-order valence-corrected chi connectivity index (χ2v) is 8.31. The highest BCUT2D eigenvalue weighted by Crippen LogP contribution is 2.39. The molecule has 104 valence electrons. The molecule has 2 nitrogen and oxygen atoms in total. The third-order valence-corrected chi connectivity index (χ3v) is 4.85. The van der Waals surface area contributed by atoms with Gasteiger partial charge in [0.2, 0.25) is 0 Å². The van der Waals surface area contributed by atoms with E-state index in [0.717, 1.165) is 11.3 Å². The average Bonchev–Trinajstić information content (AvgIpc) is 2.59. The van der Waals surface area contributed by atoms with Crippen molar-refractivity contribution < 1.29 is 4.84 Å². The van der Waals surface area contributed by atoms with E-state index in [0.29, 0.717) is 10.0 Å². The van der Waals surface area contributed by atoms with Gasteiger partial charge in [-0.2, -0.15) is 0 Å². The minimum absolute atomic E-state index is 0.00217. The summed E-state index contributed by atoms with van der Waals surface area (Å²) in [5, 5.41) is 5.43. The molecule has 0 aliphatic carbocycles. The Hall–Kier alpha value is -0.380. The van der Waals surface area contributed by atoms with E-state index in [1.165, 1.54) is 0 Å². The molecule has 1 aliphatic heterocycles. The van der Waals surface area contributed by atoms with Gasteiger partial charge in [0, 0.05) is 10.3 Å². The van der Waals surface area contributed by atoms with Gasteiger partial charge in [-0.1, -0.05) is 62.1 Å². The van der Waals surface area contributed by atoms with Crippen molar-refractivity contribution in [3.63, 3.8) is 0 Å². The number of nitrogens with zero attached hydrogens (tertiary/aromatic N) is 1. The van der Waals surface area contributed by atoms with Gasteiger partial charge in [0.05, 0.1) is 21.7 Å². The van der Waals surface area contributed by atoms with Crippen molar-refractivity contribution in [3.8, 4) is 0 Å². The molecule has 0 saturated heterocycles. The summed E-state index contributed by atoms with van der Waals surface area (Å²) in [5.41, 5.74) is 1.62. The zero-order chi connectivity index (χ0) is 14.2. The van der Waals surface area contributed by atoms with E-state index in [1.807, 2.05) is 18.2 Å². The molecular formula is C14H17Cl2NOS. The number of rotatable bonds is 2. The molecule has 1 aromatic carbocycles. The molecule has 1 heterocycles. The van der Waals surface area contributed by atoms with Crippen LogP contribution in [0.25, 0.3) is 0 Å². The first kappa shape index (κ1) is 15.0. The van der Waals surface area contributed by atoms with Gasteiger partial charge in [-0.25, -0.2) is 0 Å². The Labute approximate surface area is 128 Å². The fraction of sp³-hybridized carbons (Fsp3) is 0.500. The van der Waals surface area contributed by atoms with Crippen LogP contribution in [0.15, 0.2) is 23.4 Å². The lowest BCUT2D eigenvalue weighted by Gasteiger charge is -2.23. The van der Waals surface area contributed by atoms with Gasteiger partial charge in [0.15, 0.2) is 5.44 Å². The Morgan fingerprint density at radius 2 is 1.79 bits per heavy atom. The zero-order valence-electron chi connectivity index (χ0n) is 11.4. The SMILES string of the molecule is C[C@H]1C(c2c(Cl)cccc2Cl)=NO[C@@H]1SC(C)(C)C. The van der Waals surface area contributed by atoms with Crippen molar-refractivity contribution in [1.82, 2.24) is 0 Å². The summed E-state index contributed by atoms with van der Waals surface area (Å²) in [5.74, 6) is 0.154. The topological polar surface area (TPSA) is 21.6 Å². The molecular weight excluding hydrogens is 301 g/mol. The summed E-state index contributed by atoms with van der Waals surface area (Å²) >= 11 is 14.2. The number of benzene rings is 1. The highest BCUT2D eigenvalue weighted by Gasteiger charge is 2.36. The maximum atomic E-state index is 6.23. The first-order valence-electron chi connectivity index (χ1n) is 6.15. The van der Waals surface area contributed by atoms with E-state index in [4.69, 9.17) is 28.0 Å². The smallest absolute Gasteiger partial charge is 0.181 e. The third kappa shape index (κ3) is 3.39. The minimum atomic E-state index is 0.00217. The Morgan fingerprint density at radius 3 is 2.32 bits per heavy atom. The van der Waals surface area contributed by atoms with Crippen molar-refractivity contribution in [2.24, 2.45) is 11.1 Å². The molecule has 0 aromatic heterocycles. The molecule has 0 amide bonds. The standard InChI is InChI=1S/C14H17Cl2NOS/c1-8-12(11-9(15)6-5-7-10(11)16)17-18-13(8)19-14(2,3)4/h5-8,13H,1-4H3/t8-,13+/m0/s1. The molecule has 0 saturated carbocycles. The lowest BCUT2D eigenvalue weighted by atomic mass is 9.99. The number of hydrogen-bond donors (Lipinski definition) is 0. The highest BCUT2D eigenvalue weighted by molar-refractivity contribution is 8.01. The summed E-state index contributed by atoms with van der Waals surface area (Å²) in [6, 6.07) is 5.47. The van der Waals surface area contributed by atoms with Crippen LogP contribution in [0, 0.1) is 5.92 Å². The van der Waals surface area contributed by atoms with Crippen molar-refractivity contribution in [3.05, 3.63) is 33.8 Å². The first-order valence-corrected chi connectivity index (χ1v) is 7.79. The van der Waals surface area contributed by atoms with Crippen LogP contribution in [-0.2, 0) is 4.84 Å². The largest absolute Gasteiger partial charge is 0.380 e. The molecule has 0 bridgehead atoms. The maximum Gasteiger partial charge on any atom is 0.181 e. The molecule has 1 aromatic rings. The molecule has 0 radical (unpaired) electrons. The predicted molar refractivity (Wildman–Crippen MR) is 84.4 cm³/mol. The molecule has 2 rings (SSSR count).